The van der Waals surface area contributed by atoms with Crippen molar-refractivity contribution < 1.29 is 8.42 Å². The molecule has 0 saturated carbocycles. The standard InChI is InChI=1S/C13H17N3O2S/c1-10-4-2-6-12-14-15-13(16(10)12)8-11-5-3-7-19(17,18)9-11/h2,4,6,11H,3,5,7-9H2,1H3. The minimum absolute atomic E-state index is 0.172. The number of rotatable bonds is 2. The zero-order valence-corrected chi connectivity index (χ0v) is 11.7. The molecule has 1 unspecified atom stereocenters. The van der Waals surface area contributed by atoms with Crippen LogP contribution in [-0.2, 0) is 16.3 Å². The molecule has 0 aliphatic carbocycles. The van der Waals surface area contributed by atoms with Gasteiger partial charge < -0.3 is 0 Å². The van der Waals surface area contributed by atoms with Crippen molar-refractivity contribution in [1.82, 2.24) is 14.6 Å². The third-order valence-electron chi connectivity index (χ3n) is 3.72. The second-order valence-electron chi connectivity index (χ2n) is 5.30. The maximum atomic E-state index is 11.7. The van der Waals surface area contributed by atoms with Gasteiger partial charge in [-0.3, -0.25) is 4.40 Å². The molecule has 102 valence electrons. The molecular weight excluding hydrogens is 262 g/mol. The lowest BCUT2D eigenvalue weighted by Gasteiger charge is -2.21. The van der Waals surface area contributed by atoms with Crippen molar-refractivity contribution in [1.29, 1.82) is 0 Å². The van der Waals surface area contributed by atoms with Gasteiger partial charge in [0.25, 0.3) is 0 Å². The van der Waals surface area contributed by atoms with Crippen LogP contribution in [0.25, 0.3) is 5.65 Å². The normalized spacial score (nSPS) is 22.7. The number of aromatic nitrogens is 3. The van der Waals surface area contributed by atoms with Gasteiger partial charge >= 0.3 is 0 Å². The second kappa shape index (κ2) is 4.59. The van der Waals surface area contributed by atoms with E-state index in [0.717, 1.165) is 30.0 Å². The highest BCUT2D eigenvalue weighted by atomic mass is 32.2. The Balaban J connectivity index is 1.90. The zero-order chi connectivity index (χ0) is 13.5. The molecule has 1 saturated heterocycles. The number of nitrogens with zero attached hydrogens (tertiary/aromatic N) is 3. The van der Waals surface area contributed by atoms with E-state index in [-0.39, 0.29) is 11.7 Å². The summed E-state index contributed by atoms with van der Waals surface area (Å²) in [6, 6.07) is 5.88. The number of hydrogen-bond acceptors (Lipinski definition) is 4. The van der Waals surface area contributed by atoms with E-state index < -0.39 is 9.84 Å². The van der Waals surface area contributed by atoms with Gasteiger partial charge in [-0.2, -0.15) is 0 Å². The summed E-state index contributed by atoms with van der Waals surface area (Å²) in [6.45, 7) is 2.01. The molecule has 3 heterocycles. The molecule has 2 aromatic heterocycles. The maximum absolute atomic E-state index is 11.7. The quantitative estimate of drug-likeness (QED) is 0.833. The van der Waals surface area contributed by atoms with Crippen molar-refractivity contribution in [2.75, 3.05) is 11.5 Å². The summed E-state index contributed by atoms with van der Waals surface area (Å²) < 4.78 is 25.4. The summed E-state index contributed by atoms with van der Waals surface area (Å²) in [7, 11) is -2.86. The van der Waals surface area contributed by atoms with Crippen LogP contribution in [0.15, 0.2) is 18.2 Å². The van der Waals surface area contributed by atoms with Crippen LogP contribution in [0.3, 0.4) is 0 Å². The number of hydrogen-bond donors (Lipinski definition) is 0. The van der Waals surface area contributed by atoms with Gasteiger partial charge in [-0.15, -0.1) is 10.2 Å². The Bertz CT molecular complexity index is 706. The fourth-order valence-electron chi connectivity index (χ4n) is 2.84. The van der Waals surface area contributed by atoms with Crippen LogP contribution in [-0.4, -0.2) is 34.5 Å². The first-order chi connectivity index (χ1) is 9.05. The van der Waals surface area contributed by atoms with Gasteiger partial charge in [0.2, 0.25) is 0 Å². The fraction of sp³-hybridized carbons (Fsp3) is 0.538. The highest BCUT2D eigenvalue weighted by molar-refractivity contribution is 7.91. The van der Waals surface area contributed by atoms with Crippen molar-refractivity contribution in [2.45, 2.75) is 26.2 Å². The van der Waals surface area contributed by atoms with Gasteiger partial charge in [0.1, 0.15) is 5.82 Å². The Kier molecular flexibility index (Phi) is 3.05. The van der Waals surface area contributed by atoms with Crippen LogP contribution >= 0.6 is 0 Å². The van der Waals surface area contributed by atoms with E-state index >= 15 is 0 Å². The molecule has 0 amide bonds. The van der Waals surface area contributed by atoms with Crippen molar-refractivity contribution >= 4 is 15.5 Å². The van der Waals surface area contributed by atoms with Crippen molar-refractivity contribution in [3.63, 3.8) is 0 Å². The van der Waals surface area contributed by atoms with E-state index in [9.17, 15) is 8.42 Å². The Morgan fingerprint density at radius 1 is 1.37 bits per heavy atom. The monoisotopic (exact) mass is 279 g/mol. The topological polar surface area (TPSA) is 64.3 Å². The van der Waals surface area contributed by atoms with E-state index in [1.165, 1.54) is 0 Å². The number of aryl methyl sites for hydroxylation is 1. The van der Waals surface area contributed by atoms with Crippen LogP contribution < -0.4 is 0 Å². The van der Waals surface area contributed by atoms with E-state index in [1.807, 2.05) is 29.5 Å². The number of fused-ring (bicyclic) bond motifs is 1. The second-order valence-corrected chi connectivity index (χ2v) is 7.53. The highest BCUT2D eigenvalue weighted by Gasteiger charge is 2.26. The molecule has 1 atom stereocenters. The van der Waals surface area contributed by atoms with E-state index in [0.29, 0.717) is 12.2 Å². The molecule has 2 aromatic rings. The van der Waals surface area contributed by atoms with Gasteiger partial charge in [-0.25, -0.2) is 8.42 Å². The summed E-state index contributed by atoms with van der Waals surface area (Å²) in [5.41, 5.74) is 1.91. The molecule has 0 aromatic carbocycles. The predicted molar refractivity (Wildman–Crippen MR) is 72.8 cm³/mol. The predicted octanol–water partition coefficient (Wildman–Crippen LogP) is 1.41. The Morgan fingerprint density at radius 3 is 3.00 bits per heavy atom. The van der Waals surface area contributed by atoms with Crippen LogP contribution in [0.1, 0.15) is 24.4 Å². The van der Waals surface area contributed by atoms with E-state index in [1.54, 1.807) is 0 Å². The van der Waals surface area contributed by atoms with Gasteiger partial charge in [0, 0.05) is 12.1 Å². The molecule has 5 nitrogen and oxygen atoms in total. The third-order valence-corrected chi connectivity index (χ3v) is 5.61. The average molecular weight is 279 g/mol. The van der Waals surface area contributed by atoms with Crippen LogP contribution in [0.2, 0.25) is 0 Å². The molecule has 3 rings (SSSR count). The molecule has 0 spiro atoms. The summed E-state index contributed by atoms with van der Waals surface area (Å²) in [5, 5.41) is 8.36. The molecule has 1 fully saturated rings. The fourth-order valence-corrected chi connectivity index (χ4v) is 4.62. The molecule has 0 bridgehead atoms. The molecule has 0 radical (unpaired) electrons. The van der Waals surface area contributed by atoms with Crippen molar-refractivity contribution in [3.8, 4) is 0 Å². The molecule has 19 heavy (non-hydrogen) atoms. The first-order valence-electron chi connectivity index (χ1n) is 6.55. The Hall–Kier alpha value is -1.43. The third kappa shape index (κ3) is 2.49. The van der Waals surface area contributed by atoms with Gasteiger partial charge in [-0.1, -0.05) is 6.07 Å². The van der Waals surface area contributed by atoms with Gasteiger partial charge in [-0.05, 0) is 37.8 Å². The number of sulfone groups is 1. The summed E-state index contributed by atoms with van der Waals surface area (Å²) in [4.78, 5) is 0. The maximum Gasteiger partial charge on any atom is 0.160 e. The summed E-state index contributed by atoms with van der Waals surface area (Å²) >= 11 is 0. The summed E-state index contributed by atoms with van der Waals surface area (Å²) in [5.74, 6) is 1.66. The lowest BCUT2D eigenvalue weighted by atomic mass is 10.0. The largest absolute Gasteiger partial charge is 0.284 e. The molecular formula is C13H17N3O2S. The minimum atomic E-state index is -2.86. The van der Waals surface area contributed by atoms with Crippen LogP contribution in [0, 0.1) is 12.8 Å². The van der Waals surface area contributed by atoms with Crippen LogP contribution in [0.5, 0.6) is 0 Å². The number of pyridine rings is 1. The average Bonchev–Trinajstić information content (AvgIpc) is 2.72. The van der Waals surface area contributed by atoms with E-state index in [2.05, 4.69) is 10.2 Å². The van der Waals surface area contributed by atoms with Crippen LogP contribution in [0.4, 0.5) is 0 Å². The molecule has 0 N–H and O–H groups in total. The van der Waals surface area contributed by atoms with Crippen molar-refractivity contribution in [2.24, 2.45) is 5.92 Å². The first-order valence-corrected chi connectivity index (χ1v) is 8.37. The Morgan fingerprint density at radius 2 is 2.21 bits per heavy atom. The van der Waals surface area contributed by atoms with E-state index in [4.69, 9.17) is 0 Å². The summed E-state index contributed by atoms with van der Waals surface area (Å²) in [6.07, 6.45) is 2.41. The molecule has 1 aliphatic heterocycles. The lowest BCUT2D eigenvalue weighted by molar-refractivity contribution is 0.473. The van der Waals surface area contributed by atoms with Crippen molar-refractivity contribution in [3.05, 3.63) is 29.7 Å². The first kappa shape index (κ1) is 12.6. The molecule has 1 aliphatic rings. The minimum Gasteiger partial charge on any atom is -0.284 e. The SMILES string of the molecule is Cc1cccc2nnc(CC3CCCS(=O)(=O)C3)n12. The Labute approximate surface area is 112 Å². The highest BCUT2D eigenvalue weighted by Crippen LogP contribution is 2.22. The zero-order valence-electron chi connectivity index (χ0n) is 10.9. The van der Waals surface area contributed by atoms with Gasteiger partial charge in [0.15, 0.2) is 15.5 Å². The van der Waals surface area contributed by atoms with Gasteiger partial charge in [0.05, 0.1) is 11.5 Å². The lowest BCUT2D eigenvalue weighted by Crippen LogP contribution is -2.27. The smallest absolute Gasteiger partial charge is 0.160 e. The molecule has 6 heteroatoms.